The minimum absolute atomic E-state index is 0.231. The number of hydrogen-bond donors (Lipinski definition) is 1. The number of Topliss-reactive ketones (excluding diaryl/α,β-unsaturated/α-hetero) is 1. The van der Waals surface area contributed by atoms with Crippen LogP contribution < -0.4 is 0 Å². The first-order valence-electron chi connectivity index (χ1n) is 5.15. The second-order valence-corrected chi connectivity index (χ2v) is 4.95. The van der Waals surface area contributed by atoms with Crippen molar-refractivity contribution in [3.05, 3.63) is 41.0 Å². The molecule has 0 aliphatic rings. The van der Waals surface area contributed by atoms with Crippen LogP contribution in [0, 0.1) is 0 Å². The molecule has 0 spiro atoms. The summed E-state index contributed by atoms with van der Waals surface area (Å²) in [4.78, 5) is 33.0. The number of hydrogen-bond acceptors (Lipinski definition) is 3. The van der Waals surface area contributed by atoms with Gasteiger partial charge in [-0.05, 0) is 18.6 Å². The van der Waals surface area contributed by atoms with E-state index in [0.717, 1.165) is 6.08 Å². The maximum atomic E-state index is 12.0. The summed E-state index contributed by atoms with van der Waals surface area (Å²) in [5.74, 6) is -1.38. The molecule has 0 aromatic heterocycles. The van der Waals surface area contributed by atoms with Crippen molar-refractivity contribution in [3.8, 4) is 0 Å². The van der Waals surface area contributed by atoms with Gasteiger partial charge in [-0.15, -0.1) is 0 Å². The van der Waals surface area contributed by atoms with E-state index in [1.54, 1.807) is 19.1 Å². The topological polar surface area (TPSA) is 71.4 Å². The van der Waals surface area contributed by atoms with Gasteiger partial charge in [0.1, 0.15) is 0 Å². The third-order valence-electron chi connectivity index (χ3n) is 2.27. The Bertz CT molecular complexity index is 518. The molecular formula is C13H11BrO4. The zero-order valence-corrected chi connectivity index (χ0v) is 11.2. The zero-order chi connectivity index (χ0) is 13.7. The molecule has 1 aromatic rings. The number of halogens is 1. The average Bonchev–Trinajstić information content (AvgIpc) is 2.34. The van der Waals surface area contributed by atoms with Crippen LogP contribution in [0.15, 0.2) is 24.3 Å². The molecule has 1 N–H and O–H groups in total. The number of carboxylic acids is 1. The summed E-state index contributed by atoms with van der Waals surface area (Å²) in [7, 11) is 0. The monoisotopic (exact) mass is 310 g/mol. The molecule has 0 heterocycles. The first-order chi connectivity index (χ1) is 8.47. The van der Waals surface area contributed by atoms with E-state index in [-0.39, 0.29) is 16.9 Å². The summed E-state index contributed by atoms with van der Waals surface area (Å²) >= 11 is 3.15. The molecule has 1 rings (SSSR count). The first kappa shape index (κ1) is 14.3. The minimum atomic E-state index is -1.11. The number of alkyl halides is 1. The van der Waals surface area contributed by atoms with Crippen molar-refractivity contribution >= 4 is 40.0 Å². The van der Waals surface area contributed by atoms with Gasteiger partial charge in [-0.2, -0.15) is 0 Å². The Labute approximate surface area is 112 Å². The summed E-state index contributed by atoms with van der Waals surface area (Å²) in [6.45, 7) is 1.65. The van der Waals surface area contributed by atoms with E-state index in [4.69, 9.17) is 5.11 Å². The van der Waals surface area contributed by atoms with Gasteiger partial charge >= 0.3 is 5.97 Å². The number of carbonyl (C=O) groups excluding carboxylic acids is 2. The Morgan fingerprint density at radius 3 is 2.44 bits per heavy atom. The molecule has 0 aliphatic heterocycles. The summed E-state index contributed by atoms with van der Waals surface area (Å²) < 4.78 is 0. The lowest BCUT2D eigenvalue weighted by Gasteiger charge is -2.09. The smallest absolute Gasteiger partial charge is 0.328 e. The molecule has 94 valence electrons. The van der Waals surface area contributed by atoms with Gasteiger partial charge in [-0.3, -0.25) is 9.59 Å². The molecule has 1 unspecified atom stereocenters. The van der Waals surface area contributed by atoms with Crippen LogP contribution in [0.3, 0.4) is 0 Å². The van der Waals surface area contributed by atoms with Gasteiger partial charge in [0.15, 0.2) is 12.1 Å². The molecule has 0 fully saturated rings. The maximum absolute atomic E-state index is 12.0. The second kappa shape index (κ2) is 6.26. The van der Waals surface area contributed by atoms with Gasteiger partial charge < -0.3 is 5.11 Å². The van der Waals surface area contributed by atoms with Crippen molar-refractivity contribution in [3.63, 3.8) is 0 Å². The van der Waals surface area contributed by atoms with Crippen LogP contribution in [0.25, 0.3) is 6.08 Å². The highest BCUT2D eigenvalue weighted by Gasteiger charge is 2.18. The quantitative estimate of drug-likeness (QED) is 0.393. The van der Waals surface area contributed by atoms with Gasteiger partial charge in [0.2, 0.25) is 0 Å². The van der Waals surface area contributed by atoms with E-state index in [1.807, 2.05) is 0 Å². The largest absolute Gasteiger partial charge is 0.478 e. The van der Waals surface area contributed by atoms with Gasteiger partial charge in [-0.1, -0.05) is 34.1 Å². The molecule has 5 heteroatoms. The lowest BCUT2D eigenvalue weighted by molar-refractivity contribution is -0.131. The van der Waals surface area contributed by atoms with Crippen molar-refractivity contribution < 1.29 is 19.5 Å². The number of carboxylic acid groups (broad SMARTS) is 1. The fourth-order valence-electron chi connectivity index (χ4n) is 1.47. The summed E-state index contributed by atoms with van der Waals surface area (Å²) in [6.07, 6.45) is 2.82. The Balaban J connectivity index is 3.38. The number of rotatable bonds is 5. The number of carbonyl (C=O) groups is 3. The Kier molecular flexibility index (Phi) is 4.97. The SMILES string of the molecule is CC(Br)C(=O)c1c(C=O)cccc1C=CC(=O)O. The van der Waals surface area contributed by atoms with Crippen molar-refractivity contribution in [1.29, 1.82) is 0 Å². The number of aldehydes is 1. The van der Waals surface area contributed by atoms with Crippen LogP contribution in [-0.4, -0.2) is 28.0 Å². The van der Waals surface area contributed by atoms with E-state index in [9.17, 15) is 14.4 Å². The summed E-state index contributed by atoms with van der Waals surface area (Å²) in [5.41, 5.74) is 0.895. The highest BCUT2D eigenvalue weighted by molar-refractivity contribution is 9.10. The molecule has 0 radical (unpaired) electrons. The summed E-state index contributed by atoms with van der Waals surface area (Å²) in [6, 6.07) is 4.71. The minimum Gasteiger partial charge on any atom is -0.478 e. The molecule has 4 nitrogen and oxygen atoms in total. The van der Waals surface area contributed by atoms with Crippen molar-refractivity contribution in [2.45, 2.75) is 11.8 Å². The van der Waals surface area contributed by atoms with Crippen molar-refractivity contribution in [2.24, 2.45) is 0 Å². The van der Waals surface area contributed by atoms with Crippen LogP contribution in [0.4, 0.5) is 0 Å². The third-order valence-corrected chi connectivity index (χ3v) is 2.68. The average molecular weight is 311 g/mol. The van der Waals surface area contributed by atoms with Crippen LogP contribution >= 0.6 is 15.9 Å². The van der Waals surface area contributed by atoms with Crippen molar-refractivity contribution in [1.82, 2.24) is 0 Å². The standard InChI is InChI=1S/C13H11BrO4/c1-8(14)13(18)12-9(5-6-11(16)17)3-2-4-10(12)7-15/h2-8H,1H3,(H,16,17). The van der Waals surface area contributed by atoms with Crippen LogP contribution in [0.5, 0.6) is 0 Å². The number of aliphatic carboxylic acids is 1. The molecule has 0 saturated heterocycles. The number of ketones is 1. The van der Waals surface area contributed by atoms with E-state index in [1.165, 1.54) is 12.1 Å². The first-order valence-corrected chi connectivity index (χ1v) is 6.06. The Morgan fingerprint density at radius 1 is 1.33 bits per heavy atom. The van der Waals surface area contributed by atoms with E-state index in [2.05, 4.69) is 15.9 Å². The highest BCUT2D eigenvalue weighted by Crippen LogP contribution is 2.20. The van der Waals surface area contributed by atoms with Gasteiger partial charge in [0.25, 0.3) is 0 Å². The summed E-state index contributed by atoms with van der Waals surface area (Å²) in [5, 5.41) is 8.59. The lowest BCUT2D eigenvalue weighted by atomic mass is 9.96. The lowest BCUT2D eigenvalue weighted by Crippen LogP contribution is -2.14. The molecule has 1 aromatic carbocycles. The molecule has 0 bridgehead atoms. The third kappa shape index (κ3) is 3.37. The number of benzene rings is 1. The predicted molar refractivity (Wildman–Crippen MR) is 71.2 cm³/mol. The zero-order valence-electron chi connectivity index (χ0n) is 9.59. The van der Waals surface area contributed by atoms with Gasteiger partial charge in [0.05, 0.1) is 4.83 Å². The van der Waals surface area contributed by atoms with E-state index in [0.29, 0.717) is 11.8 Å². The fourth-order valence-corrected chi connectivity index (χ4v) is 1.70. The van der Waals surface area contributed by atoms with E-state index >= 15 is 0 Å². The molecule has 1 atom stereocenters. The second-order valence-electron chi connectivity index (χ2n) is 3.58. The van der Waals surface area contributed by atoms with Gasteiger partial charge in [0, 0.05) is 17.2 Å². The fraction of sp³-hybridized carbons (Fsp3) is 0.154. The maximum Gasteiger partial charge on any atom is 0.328 e. The molecule has 0 amide bonds. The Hall–Kier alpha value is -1.75. The van der Waals surface area contributed by atoms with Gasteiger partial charge in [-0.25, -0.2) is 4.79 Å². The van der Waals surface area contributed by atoms with Crippen LogP contribution in [0.2, 0.25) is 0 Å². The molecule has 0 aliphatic carbocycles. The normalized spacial score (nSPS) is 12.3. The van der Waals surface area contributed by atoms with E-state index < -0.39 is 10.8 Å². The van der Waals surface area contributed by atoms with Crippen LogP contribution in [0.1, 0.15) is 33.2 Å². The molecular weight excluding hydrogens is 300 g/mol. The highest BCUT2D eigenvalue weighted by atomic mass is 79.9. The molecule has 18 heavy (non-hydrogen) atoms. The Morgan fingerprint density at radius 2 is 1.94 bits per heavy atom. The molecule has 0 saturated carbocycles. The van der Waals surface area contributed by atoms with Crippen molar-refractivity contribution in [2.75, 3.05) is 0 Å². The van der Waals surface area contributed by atoms with Crippen LogP contribution in [-0.2, 0) is 4.79 Å². The predicted octanol–water partition coefficient (Wildman–Crippen LogP) is 2.56.